The van der Waals surface area contributed by atoms with E-state index < -0.39 is 0 Å². The molecule has 1 amide bonds. The van der Waals surface area contributed by atoms with Gasteiger partial charge in [-0.05, 0) is 50.6 Å². The maximum Gasteiger partial charge on any atom is 0.255 e. The van der Waals surface area contributed by atoms with E-state index in [0.717, 1.165) is 29.6 Å². The van der Waals surface area contributed by atoms with Gasteiger partial charge in [-0.3, -0.25) is 9.69 Å². The Morgan fingerprint density at radius 2 is 1.79 bits per heavy atom. The van der Waals surface area contributed by atoms with Crippen molar-refractivity contribution in [1.29, 1.82) is 0 Å². The number of hydrogen-bond acceptors (Lipinski definition) is 4. The summed E-state index contributed by atoms with van der Waals surface area (Å²) in [6, 6.07) is 13.3. The number of aryl methyl sites for hydroxylation is 1. The van der Waals surface area contributed by atoms with Crippen molar-refractivity contribution in [3.63, 3.8) is 0 Å². The molecule has 4 rings (SSSR count). The van der Waals surface area contributed by atoms with Crippen LogP contribution in [0.25, 0.3) is 11.0 Å². The molecule has 2 heterocycles. The number of hydrogen-bond donors (Lipinski definition) is 2. The first-order chi connectivity index (χ1) is 14.1. The van der Waals surface area contributed by atoms with Gasteiger partial charge in [-0.25, -0.2) is 0 Å². The number of phenols is 1. The number of carbonyl (C=O) groups excluding carboxylic acids is 1. The molecular weight excluding hydrogens is 364 g/mol. The fraction of sp³-hybridized carbons (Fsp3) is 0.375. The van der Waals surface area contributed by atoms with Crippen molar-refractivity contribution in [2.45, 2.75) is 45.7 Å². The third kappa shape index (κ3) is 4.30. The molecule has 0 radical (unpaired) electrons. The van der Waals surface area contributed by atoms with Gasteiger partial charge in [-0.1, -0.05) is 43.2 Å². The van der Waals surface area contributed by atoms with E-state index in [4.69, 9.17) is 4.42 Å². The van der Waals surface area contributed by atoms with Crippen LogP contribution in [0.4, 0.5) is 0 Å². The number of rotatable bonds is 5. The third-order valence-corrected chi connectivity index (χ3v) is 5.72. The van der Waals surface area contributed by atoms with Crippen LogP contribution in [0.5, 0.6) is 5.75 Å². The molecular formula is C24H28N2O3. The van der Waals surface area contributed by atoms with E-state index in [1.54, 1.807) is 12.1 Å². The molecule has 5 heteroatoms. The van der Waals surface area contributed by atoms with Gasteiger partial charge in [0.2, 0.25) is 0 Å². The van der Waals surface area contributed by atoms with Gasteiger partial charge in [0.05, 0.1) is 5.56 Å². The van der Waals surface area contributed by atoms with E-state index >= 15 is 0 Å². The predicted octanol–water partition coefficient (Wildman–Crippen LogP) is 4.75. The number of nitrogens with zero attached hydrogens (tertiary/aromatic N) is 1. The zero-order valence-electron chi connectivity index (χ0n) is 16.9. The van der Waals surface area contributed by atoms with Crippen LogP contribution in [0, 0.1) is 6.92 Å². The molecule has 2 N–H and O–H groups in total. The minimum absolute atomic E-state index is 0.173. The van der Waals surface area contributed by atoms with Crippen molar-refractivity contribution >= 4 is 16.9 Å². The van der Waals surface area contributed by atoms with E-state index in [-0.39, 0.29) is 11.7 Å². The maximum absolute atomic E-state index is 13.1. The molecule has 2 aromatic carbocycles. The van der Waals surface area contributed by atoms with Crippen molar-refractivity contribution in [3.8, 4) is 5.75 Å². The number of benzene rings is 2. The van der Waals surface area contributed by atoms with Gasteiger partial charge < -0.3 is 14.8 Å². The van der Waals surface area contributed by atoms with Crippen LogP contribution in [-0.2, 0) is 13.1 Å². The lowest BCUT2D eigenvalue weighted by atomic mass is 10.0. The molecule has 1 aliphatic rings. The zero-order chi connectivity index (χ0) is 20.2. The first-order valence-electron chi connectivity index (χ1n) is 10.4. The fourth-order valence-electron chi connectivity index (χ4n) is 4.18. The van der Waals surface area contributed by atoms with Gasteiger partial charge >= 0.3 is 0 Å². The maximum atomic E-state index is 13.1. The molecule has 0 saturated carbocycles. The average Bonchev–Trinajstić information content (AvgIpc) is 2.89. The third-order valence-electron chi connectivity index (χ3n) is 5.72. The minimum Gasteiger partial charge on any atom is -0.508 e. The number of amides is 1. The summed E-state index contributed by atoms with van der Waals surface area (Å²) in [6.07, 6.45) is 4.85. The predicted molar refractivity (Wildman–Crippen MR) is 114 cm³/mol. The molecule has 3 aromatic rings. The summed E-state index contributed by atoms with van der Waals surface area (Å²) in [4.78, 5) is 15.4. The summed E-state index contributed by atoms with van der Waals surface area (Å²) >= 11 is 0. The van der Waals surface area contributed by atoms with Gasteiger partial charge in [-0.15, -0.1) is 0 Å². The van der Waals surface area contributed by atoms with Crippen molar-refractivity contribution in [1.82, 2.24) is 10.2 Å². The van der Waals surface area contributed by atoms with Crippen LogP contribution >= 0.6 is 0 Å². The summed E-state index contributed by atoms with van der Waals surface area (Å²) in [6.45, 7) is 4.92. The molecule has 0 aliphatic carbocycles. The standard InChI is InChI=1S/C24H28N2O3/c1-17-22(24(28)25-15-18-9-5-4-6-10-18)23-19(20(27)11-12-21(23)29-17)16-26-13-7-2-3-8-14-26/h4-6,9-12,27H,2-3,7-8,13-16H2,1H3,(H,25,28). The first kappa shape index (κ1) is 19.5. The van der Waals surface area contributed by atoms with E-state index in [0.29, 0.717) is 30.0 Å². The van der Waals surface area contributed by atoms with E-state index in [9.17, 15) is 9.90 Å². The highest BCUT2D eigenvalue weighted by atomic mass is 16.3. The number of fused-ring (bicyclic) bond motifs is 1. The second kappa shape index (κ2) is 8.70. The summed E-state index contributed by atoms with van der Waals surface area (Å²) in [7, 11) is 0. The quantitative estimate of drug-likeness (QED) is 0.657. The average molecular weight is 392 g/mol. The molecule has 29 heavy (non-hydrogen) atoms. The Morgan fingerprint density at radius 1 is 1.07 bits per heavy atom. The van der Waals surface area contributed by atoms with Crippen LogP contribution < -0.4 is 5.32 Å². The van der Waals surface area contributed by atoms with Gasteiger partial charge in [0.25, 0.3) is 5.91 Å². The number of aromatic hydroxyl groups is 1. The number of carbonyl (C=O) groups is 1. The molecule has 1 saturated heterocycles. The van der Waals surface area contributed by atoms with Crippen LogP contribution in [0.2, 0.25) is 0 Å². The Labute approximate surface area is 171 Å². The van der Waals surface area contributed by atoms with Crippen LogP contribution in [0.15, 0.2) is 46.9 Å². The topological polar surface area (TPSA) is 65.7 Å². The zero-order valence-corrected chi connectivity index (χ0v) is 16.9. The minimum atomic E-state index is -0.173. The van der Waals surface area contributed by atoms with Crippen LogP contribution in [0.3, 0.4) is 0 Å². The summed E-state index contributed by atoms with van der Waals surface area (Å²) in [5, 5.41) is 14.4. The number of nitrogens with one attached hydrogen (secondary N) is 1. The molecule has 1 fully saturated rings. The summed E-state index contributed by atoms with van der Waals surface area (Å²) in [5.41, 5.74) is 3.00. The van der Waals surface area contributed by atoms with Crippen molar-refractivity contribution in [2.24, 2.45) is 0 Å². The SMILES string of the molecule is Cc1oc2ccc(O)c(CN3CCCCCC3)c2c1C(=O)NCc1ccccc1. The lowest BCUT2D eigenvalue weighted by Crippen LogP contribution is -2.25. The molecule has 0 spiro atoms. The normalized spacial score (nSPS) is 15.3. The second-order valence-corrected chi connectivity index (χ2v) is 7.83. The molecule has 0 bridgehead atoms. The highest BCUT2D eigenvalue weighted by Gasteiger charge is 2.24. The molecule has 0 atom stereocenters. The lowest BCUT2D eigenvalue weighted by Gasteiger charge is -2.21. The Morgan fingerprint density at radius 3 is 2.52 bits per heavy atom. The molecule has 0 unspecified atom stereocenters. The number of furan rings is 1. The Bertz CT molecular complexity index is 986. The first-order valence-corrected chi connectivity index (χ1v) is 10.4. The van der Waals surface area contributed by atoms with E-state index in [1.807, 2.05) is 37.3 Å². The summed E-state index contributed by atoms with van der Waals surface area (Å²) < 4.78 is 5.89. The van der Waals surface area contributed by atoms with E-state index in [2.05, 4.69) is 10.2 Å². The van der Waals surface area contributed by atoms with Gasteiger partial charge in [0.1, 0.15) is 17.1 Å². The van der Waals surface area contributed by atoms with E-state index in [1.165, 1.54) is 25.7 Å². The van der Waals surface area contributed by atoms with Crippen molar-refractivity contribution < 1.29 is 14.3 Å². The molecule has 1 aliphatic heterocycles. The van der Waals surface area contributed by atoms with Gasteiger partial charge in [0.15, 0.2) is 0 Å². The Kier molecular flexibility index (Phi) is 5.86. The number of phenolic OH excluding ortho intramolecular Hbond substituents is 1. The largest absolute Gasteiger partial charge is 0.508 e. The molecule has 1 aromatic heterocycles. The number of likely N-dealkylation sites (tertiary alicyclic amines) is 1. The smallest absolute Gasteiger partial charge is 0.255 e. The van der Waals surface area contributed by atoms with Crippen molar-refractivity contribution in [3.05, 3.63) is 64.9 Å². The molecule has 5 nitrogen and oxygen atoms in total. The van der Waals surface area contributed by atoms with Crippen LogP contribution in [-0.4, -0.2) is 29.0 Å². The highest BCUT2D eigenvalue weighted by Crippen LogP contribution is 2.35. The van der Waals surface area contributed by atoms with Gasteiger partial charge in [0, 0.05) is 24.0 Å². The second-order valence-electron chi connectivity index (χ2n) is 7.83. The summed E-state index contributed by atoms with van der Waals surface area (Å²) in [5.74, 6) is 0.626. The fourth-order valence-corrected chi connectivity index (χ4v) is 4.18. The molecule has 152 valence electrons. The van der Waals surface area contributed by atoms with Crippen molar-refractivity contribution in [2.75, 3.05) is 13.1 Å². The van der Waals surface area contributed by atoms with Gasteiger partial charge in [-0.2, -0.15) is 0 Å². The lowest BCUT2D eigenvalue weighted by molar-refractivity contribution is 0.0950. The monoisotopic (exact) mass is 392 g/mol. The van der Waals surface area contributed by atoms with Crippen LogP contribution in [0.1, 0.15) is 52.9 Å². The highest BCUT2D eigenvalue weighted by molar-refractivity contribution is 6.08. The Balaban J connectivity index is 1.65. The Hall–Kier alpha value is -2.79.